The summed E-state index contributed by atoms with van der Waals surface area (Å²) in [7, 11) is 0. The number of rotatable bonds is 5. The molecule has 1 unspecified atom stereocenters. The van der Waals surface area contributed by atoms with Crippen LogP contribution in [-0.4, -0.2) is 38.9 Å². The molecule has 1 aromatic carbocycles. The maximum atomic E-state index is 5.84. The van der Waals surface area contributed by atoms with Gasteiger partial charge in [-0.05, 0) is 30.7 Å². The second kappa shape index (κ2) is 6.97. The van der Waals surface area contributed by atoms with Crippen molar-refractivity contribution >= 4 is 11.6 Å². The Morgan fingerprint density at radius 3 is 2.88 bits per heavy atom. The maximum Gasteiger partial charge on any atom is 0.0632 e. The molecule has 1 aliphatic rings. The van der Waals surface area contributed by atoms with Crippen LogP contribution in [0.4, 0.5) is 0 Å². The maximum absolute atomic E-state index is 5.84. The average Bonchev–Trinajstić information content (AvgIpc) is 2.38. The van der Waals surface area contributed by atoms with Crippen LogP contribution in [0.3, 0.4) is 0 Å². The van der Waals surface area contributed by atoms with Gasteiger partial charge in [0.25, 0.3) is 0 Å². The van der Waals surface area contributed by atoms with Gasteiger partial charge in [0, 0.05) is 24.2 Å². The molecule has 0 spiro atoms. The summed E-state index contributed by atoms with van der Waals surface area (Å²) in [4.78, 5) is 0. The molecular weight excluding hydrogens is 236 g/mol. The van der Waals surface area contributed by atoms with Crippen LogP contribution in [0.25, 0.3) is 0 Å². The molecule has 1 heterocycles. The van der Waals surface area contributed by atoms with E-state index in [2.05, 4.69) is 22.8 Å². The smallest absolute Gasteiger partial charge is 0.0632 e. The molecule has 0 saturated carbocycles. The summed E-state index contributed by atoms with van der Waals surface area (Å²) in [6.45, 7) is 4.56. The number of hydrogen-bond acceptors (Lipinski definition) is 3. The molecule has 0 aromatic heterocycles. The standard InChI is InChI=1S/C13H19ClN2O/c14-12-3-1-11(2-4-12)5-6-15-9-13-10-17-8-7-16-13/h1-4,13,15-16H,5-10H2. The Labute approximate surface area is 107 Å². The lowest BCUT2D eigenvalue weighted by molar-refractivity contribution is 0.0768. The highest BCUT2D eigenvalue weighted by molar-refractivity contribution is 6.30. The predicted octanol–water partition coefficient (Wildman–Crippen LogP) is 1.46. The van der Waals surface area contributed by atoms with Crippen LogP contribution in [0.5, 0.6) is 0 Å². The minimum atomic E-state index is 0.453. The van der Waals surface area contributed by atoms with E-state index < -0.39 is 0 Å². The minimum Gasteiger partial charge on any atom is -0.378 e. The molecule has 1 fully saturated rings. The summed E-state index contributed by atoms with van der Waals surface area (Å²) in [6.07, 6.45) is 1.03. The molecule has 2 rings (SSSR count). The quantitative estimate of drug-likeness (QED) is 0.781. The number of ether oxygens (including phenoxy) is 1. The second-order valence-corrected chi connectivity index (χ2v) is 4.74. The zero-order chi connectivity index (χ0) is 11.9. The van der Waals surface area contributed by atoms with Gasteiger partial charge in [0.05, 0.1) is 13.2 Å². The summed E-state index contributed by atoms with van der Waals surface area (Å²) in [5.74, 6) is 0. The third-order valence-corrected chi connectivity index (χ3v) is 3.14. The first kappa shape index (κ1) is 12.8. The Bertz CT molecular complexity index is 323. The second-order valence-electron chi connectivity index (χ2n) is 4.31. The van der Waals surface area contributed by atoms with Crippen LogP contribution in [0.15, 0.2) is 24.3 Å². The van der Waals surface area contributed by atoms with E-state index in [4.69, 9.17) is 16.3 Å². The van der Waals surface area contributed by atoms with Crippen molar-refractivity contribution in [1.82, 2.24) is 10.6 Å². The lowest BCUT2D eigenvalue weighted by Gasteiger charge is -2.24. The van der Waals surface area contributed by atoms with Crippen LogP contribution in [-0.2, 0) is 11.2 Å². The molecule has 4 heteroatoms. The van der Waals surface area contributed by atoms with Gasteiger partial charge in [0.2, 0.25) is 0 Å². The van der Waals surface area contributed by atoms with E-state index in [0.717, 1.165) is 44.3 Å². The van der Waals surface area contributed by atoms with Crippen molar-refractivity contribution in [2.24, 2.45) is 0 Å². The molecular formula is C13H19ClN2O. The molecule has 0 amide bonds. The van der Waals surface area contributed by atoms with Gasteiger partial charge < -0.3 is 15.4 Å². The fourth-order valence-electron chi connectivity index (χ4n) is 1.91. The summed E-state index contributed by atoms with van der Waals surface area (Å²) >= 11 is 5.84. The largest absolute Gasteiger partial charge is 0.378 e. The minimum absolute atomic E-state index is 0.453. The molecule has 0 aliphatic carbocycles. The molecule has 0 bridgehead atoms. The number of hydrogen-bond donors (Lipinski definition) is 2. The van der Waals surface area contributed by atoms with Gasteiger partial charge >= 0.3 is 0 Å². The van der Waals surface area contributed by atoms with Crippen LogP contribution >= 0.6 is 11.6 Å². The van der Waals surface area contributed by atoms with Crippen molar-refractivity contribution in [3.8, 4) is 0 Å². The summed E-state index contributed by atoms with van der Waals surface area (Å²) in [6, 6.07) is 8.48. The predicted molar refractivity (Wildman–Crippen MR) is 70.6 cm³/mol. The lowest BCUT2D eigenvalue weighted by Crippen LogP contribution is -2.47. The van der Waals surface area contributed by atoms with Crippen LogP contribution in [0.1, 0.15) is 5.56 Å². The molecule has 2 N–H and O–H groups in total. The van der Waals surface area contributed by atoms with Crippen molar-refractivity contribution in [3.63, 3.8) is 0 Å². The zero-order valence-electron chi connectivity index (χ0n) is 9.92. The van der Waals surface area contributed by atoms with Crippen molar-refractivity contribution < 1.29 is 4.74 Å². The topological polar surface area (TPSA) is 33.3 Å². The SMILES string of the molecule is Clc1ccc(CCNCC2COCCN2)cc1. The molecule has 94 valence electrons. The molecule has 0 radical (unpaired) electrons. The normalized spacial score (nSPS) is 20.4. The highest BCUT2D eigenvalue weighted by atomic mass is 35.5. The molecule has 1 atom stereocenters. The van der Waals surface area contributed by atoms with Crippen LogP contribution < -0.4 is 10.6 Å². The zero-order valence-corrected chi connectivity index (χ0v) is 10.7. The Morgan fingerprint density at radius 1 is 1.35 bits per heavy atom. The van der Waals surface area contributed by atoms with Gasteiger partial charge in [-0.3, -0.25) is 0 Å². The number of halogens is 1. The molecule has 3 nitrogen and oxygen atoms in total. The van der Waals surface area contributed by atoms with Crippen molar-refractivity contribution in [1.29, 1.82) is 0 Å². The highest BCUT2D eigenvalue weighted by Crippen LogP contribution is 2.09. The van der Waals surface area contributed by atoms with Crippen LogP contribution in [0.2, 0.25) is 5.02 Å². The molecule has 1 aliphatic heterocycles. The monoisotopic (exact) mass is 254 g/mol. The van der Waals surface area contributed by atoms with Gasteiger partial charge in [-0.25, -0.2) is 0 Å². The van der Waals surface area contributed by atoms with E-state index in [9.17, 15) is 0 Å². The number of morpholine rings is 1. The van der Waals surface area contributed by atoms with E-state index in [0.29, 0.717) is 6.04 Å². The summed E-state index contributed by atoms with van der Waals surface area (Å²) in [5, 5.41) is 7.66. The third kappa shape index (κ3) is 4.64. The Hall–Kier alpha value is -0.610. The van der Waals surface area contributed by atoms with Crippen LogP contribution in [0, 0.1) is 0 Å². The Kier molecular flexibility index (Phi) is 5.26. The van der Waals surface area contributed by atoms with Crippen molar-refractivity contribution in [3.05, 3.63) is 34.9 Å². The average molecular weight is 255 g/mol. The number of benzene rings is 1. The Morgan fingerprint density at radius 2 is 2.18 bits per heavy atom. The van der Waals surface area contributed by atoms with Gasteiger partial charge in [-0.2, -0.15) is 0 Å². The fraction of sp³-hybridized carbons (Fsp3) is 0.538. The molecule has 1 aromatic rings. The first-order valence-corrected chi connectivity index (χ1v) is 6.49. The lowest BCUT2D eigenvalue weighted by atomic mass is 10.1. The van der Waals surface area contributed by atoms with E-state index in [1.165, 1.54) is 5.56 Å². The first-order valence-electron chi connectivity index (χ1n) is 6.11. The van der Waals surface area contributed by atoms with Gasteiger partial charge in [0.15, 0.2) is 0 Å². The number of nitrogens with one attached hydrogen (secondary N) is 2. The third-order valence-electron chi connectivity index (χ3n) is 2.89. The van der Waals surface area contributed by atoms with Gasteiger partial charge in [0.1, 0.15) is 0 Å². The Balaban J connectivity index is 1.60. The van der Waals surface area contributed by atoms with E-state index in [-0.39, 0.29) is 0 Å². The van der Waals surface area contributed by atoms with E-state index >= 15 is 0 Å². The van der Waals surface area contributed by atoms with Crippen molar-refractivity contribution in [2.45, 2.75) is 12.5 Å². The fourth-order valence-corrected chi connectivity index (χ4v) is 2.04. The first-order chi connectivity index (χ1) is 8.34. The van der Waals surface area contributed by atoms with E-state index in [1.54, 1.807) is 0 Å². The molecule has 1 saturated heterocycles. The summed E-state index contributed by atoms with van der Waals surface area (Å²) in [5.41, 5.74) is 1.31. The van der Waals surface area contributed by atoms with Gasteiger partial charge in [-0.15, -0.1) is 0 Å². The van der Waals surface area contributed by atoms with E-state index in [1.807, 2.05) is 12.1 Å². The van der Waals surface area contributed by atoms with Gasteiger partial charge in [-0.1, -0.05) is 23.7 Å². The van der Waals surface area contributed by atoms with Crippen molar-refractivity contribution in [2.75, 3.05) is 32.8 Å². The highest BCUT2D eigenvalue weighted by Gasteiger charge is 2.11. The summed E-state index contributed by atoms with van der Waals surface area (Å²) < 4.78 is 5.39. The molecule has 17 heavy (non-hydrogen) atoms.